The highest BCUT2D eigenvalue weighted by Gasteiger charge is 2.48. The normalized spacial score (nSPS) is 22.2. The molecule has 1 aromatic rings. The standard InChI is InChI=1S/C11H9Cl2NO3/c1-5(15)4-11(17)8-6(12)2-3-7(13)9(8)14-10(11)16/h2-3,17H,4H2,1H3,(H,14,16). The van der Waals surface area contributed by atoms with Crippen molar-refractivity contribution in [3.8, 4) is 0 Å². The maximum Gasteiger partial charge on any atom is 0.261 e. The van der Waals surface area contributed by atoms with E-state index in [0.717, 1.165) is 0 Å². The second-order valence-corrected chi connectivity index (χ2v) is 4.79. The van der Waals surface area contributed by atoms with Gasteiger partial charge in [-0.2, -0.15) is 0 Å². The summed E-state index contributed by atoms with van der Waals surface area (Å²) in [6.07, 6.45) is -0.327. The summed E-state index contributed by atoms with van der Waals surface area (Å²) in [5.74, 6) is -0.996. The fourth-order valence-electron chi connectivity index (χ4n) is 1.94. The van der Waals surface area contributed by atoms with E-state index in [4.69, 9.17) is 23.2 Å². The van der Waals surface area contributed by atoms with Gasteiger partial charge in [0.15, 0.2) is 5.60 Å². The predicted molar refractivity (Wildman–Crippen MR) is 64.3 cm³/mol. The van der Waals surface area contributed by atoms with Crippen LogP contribution in [-0.4, -0.2) is 16.8 Å². The minimum atomic E-state index is -1.93. The van der Waals surface area contributed by atoms with Gasteiger partial charge in [-0.25, -0.2) is 0 Å². The van der Waals surface area contributed by atoms with Crippen LogP contribution in [0.25, 0.3) is 0 Å². The van der Waals surface area contributed by atoms with Crippen LogP contribution >= 0.6 is 23.2 Å². The number of benzene rings is 1. The number of hydrogen-bond donors (Lipinski definition) is 2. The Morgan fingerprint density at radius 3 is 2.59 bits per heavy atom. The maximum absolute atomic E-state index is 11.8. The Labute approximate surface area is 108 Å². The Morgan fingerprint density at radius 1 is 1.41 bits per heavy atom. The van der Waals surface area contributed by atoms with Crippen molar-refractivity contribution < 1.29 is 14.7 Å². The van der Waals surface area contributed by atoms with Crippen LogP contribution < -0.4 is 5.32 Å². The molecule has 2 N–H and O–H groups in total. The lowest BCUT2D eigenvalue weighted by molar-refractivity contribution is -0.139. The third kappa shape index (κ3) is 1.82. The number of fused-ring (bicyclic) bond motifs is 1. The molecule has 0 saturated carbocycles. The monoisotopic (exact) mass is 273 g/mol. The summed E-state index contributed by atoms with van der Waals surface area (Å²) in [7, 11) is 0. The highest BCUT2D eigenvalue weighted by molar-refractivity contribution is 6.38. The highest BCUT2D eigenvalue weighted by atomic mass is 35.5. The third-order valence-corrected chi connectivity index (χ3v) is 3.27. The molecule has 1 unspecified atom stereocenters. The number of Topliss-reactive ketones (excluding diaryl/α,β-unsaturated/α-hetero) is 1. The lowest BCUT2D eigenvalue weighted by Gasteiger charge is -2.20. The molecule has 2 rings (SSSR count). The van der Waals surface area contributed by atoms with E-state index in [1.165, 1.54) is 19.1 Å². The predicted octanol–water partition coefficient (Wildman–Crippen LogP) is 2.11. The first-order valence-electron chi connectivity index (χ1n) is 4.88. The Morgan fingerprint density at radius 2 is 2.00 bits per heavy atom. The molecule has 0 radical (unpaired) electrons. The zero-order chi connectivity index (χ0) is 12.8. The lowest BCUT2D eigenvalue weighted by atomic mass is 9.90. The van der Waals surface area contributed by atoms with E-state index in [-0.39, 0.29) is 33.5 Å². The second kappa shape index (κ2) is 3.98. The molecule has 0 aromatic heterocycles. The van der Waals surface area contributed by atoms with Gasteiger partial charge in [-0.1, -0.05) is 23.2 Å². The zero-order valence-electron chi connectivity index (χ0n) is 8.88. The minimum Gasteiger partial charge on any atom is -0.375 e. The molecule has 0 fully saturated rings. The van der Waals surface area contributed by atoms with Crippen molar-refractivity contribution in [3.63, 3.8) is 0 Å². The molecular formula is C11H9Cl2NO3. The van der Waals surface area contributed by atoms with E-state index in [2.05, 4.69) is 5.32 Å². The summed E-state index contributed by atoms with van der Waals surface area (Å²) >= 11 is 11.9. The molecule has 1 amide bonds. The third-order valence-electron chi connectivity index (χ3n) is 2.64. The van der Waals surface area contributed by atoms with Crippen LogP contribution in [0.4, 0.5) is 5.69 Å². The number of aliphatic hydroxyl groups is 1. The maximum atomic E-state index is 11.8. The molecule has 6 heteroatoms. The Kier molecular flexibility index (Phi) is 2.89. The highest BCUT2D eigenvalue weighted by Crippen LogP contribution is 2.45. The fourth-order valence-corrected chi connectivity index (χ4v) is 2.46. The quantitative estimate of drug-likeness (QED) is 0.868. The van der Waals surface area contributed by atoms with Crippen LogP contribution in [0.15, 0.2) is 12.1 Å². The molecule has 0 saturated heterocycles. The van der Waals surface area contributed by atoms with Gasteiger partial charge in [0.1, 0.15) is 5.78 Å². The van der Waals surface area contributed by atoms with Crippen molar-refractivity contribution in [1.29, 1.82) is 0 Å². The number of ketones is 1. The smallest absolute Gasteiger partial charge is 0.261 e. The van der Waals surface area contributed by atoms with Crippen molar-refractivity contribution in [2.24, 2.45) is 0 Å². The number of anilines is 1. The first-order valence-corrected chi connectivity index (χ1v) is 5.63. The SMILES string of the molecule is CC(=O)CC1(O)C(=O)Nc2c(Cl)ccc(Cl)c21. The van der Waals surface area contributed by atoms with Crippen LogP contribution in [0.2, 0.25) is 10.0 Å². The number of hydrogen-bond acceptors (Lipinski definition) is 3. The average Bonchev–Trinajstić information content (AvgIpc) is 2.46. The van der Waals surface area contributed by atoms with Gasteiger partial charge in [0, 0.05) is 17.0 Å². The van der Waals surface area contributed by atoms with E-state index in [1.54, 1.807) is 0 Å². The number of halogens is 2. The van der Waals surface area contributed by atoms with Gasteiger partial charge in [0.2, 0.25) is 0 Å². The molecule has 1 aliphatic rings. The second-order valence-electron chi connectivity index (χ2n) is 3.97. The van der Waals surface area contributed by atoms with Gasteiger partial charge in [-0.05, 0) is 19.1 Å². The number of carbonyl (C=O) groups is 2. The minimum absolute atomic E-state index is 0.173. The van der Waals surface area contributed by atoms with Gasteiger partial charge >= 0.3 is 0 Å². The summed E-state index contributed by atoms with van der Waals surface area (Å²) < 4.78 is 0. The first-order chi connectivity index (χ1) is 7.86. The van der Waals surface area contributed by atoms with Crippen LogP contribution in [0, 0.1) is 0 Å². The van der Waals surface area contributed by atoms with Crippen LogP contribution in [0.3, 0.4) is 0 Å². The number of rotatable bonds is 2. The summed E-state index contributed by atoms with van der Waals surface area (Å²) in [6, 6.07) is 3.00. The Hall–Kier alpha value is -1.10. The molecule has 1 heterocycles. The summed E-state index contributed by atoms with van der Waals surface area (Å²) in [5, 5.41) is 13.2. The summed E-state index contributed by atoms with van der Waals surface area (Å²) in [5.41, 5.74) is -1.48. The molecule has 17 heavy (non-hydrogen) atoms. The van der Waals surface area contributed by atoms with Crippen molar-refractivity contribution in [1.82, 2.24) is 0 Å². The lowest BCUT2D eigenvalue weighted by Crippen LogP contribution is -2.36. The van der Waals surface area contributed by atoms with Crippen molar-refractivity contribution in [3.05, 3.63) is 27.7 Å². The van der Waals surface area contributed by atoms with E-state index < -0.39 is 11.5 Å². The molecular weight excluding hydrogens is 265 g/mol. The van der Waals surface area contributed by atoms with Gasteiger partial charge in [0.05, 0.1) is 10.7 Å². The molecule has 0 spiro atoms. The summed E-state index contributed by atoms with van der Waals surface area (Å²) in [6.45, 7) is 1.29. The molecule has 1 aliphatic heterocycles. The molecule has 4 nitrogen and oxygen atoms in total. The molecule has 1 aromatic carbocycles. The Balaban J connectivity index is 2.64. The van der Waals surface area contributed by atoms with Crippen LogP contribution in [0.5, 0.6) is 0 Å². The fraction of sp³-hybridized carbons (Fsp3) is 0.273. The van der Waals surface area contributed by atoms with E-state index >= 15 is 0 Å². The van der Waals surface area contributed by atoms with Gasteiger partial charge in [-0.15, -0.1) is 0 Å². The zero-order valence-corrected chi connectivity index (χ0v) is 10.4. The topological polar surface area (TPSA) is 66.4 Å². The summed E-state index contributed by atoms with van der Waals surface area (Å²) in [4.78, 5) is 22.9. The van der Waals surface area contributed by atoms with Gasteiger partial charge in [0.25, 0.3) is 5.91 Å². The molecule has 90 valence electrons. The van der Waals surface area contributed by atoms with Gasteiger partial charge in [-0.3, -0.25) is 9.59 Å². The van der Waals surface area contributed by atoms with Gasteiger partial charge < -0.3 is 10.4 Å². The number of amides is 1. The first kappa shape index (κ1) is 12.4. The van der Waals surface area contributed by atoms with Crippen LogP contribution in [-0.2, 0) is 15.2 Å². The number of carbonyl (C=O) groups excluding carboxylic acids is 2. The van der Waals surface area contributed by atoms with E-state index in [9.17, 15) is 14.7 Å². The van der Waals surface area contributed by atoms with E-state index in [1.807, 2.05) is 0 Å². The van der Waals surface area contributed by atoms with Crippen molar-refractivity contribution in [2.75, 3.05) is 5.32 Å². The Bertz CT molecular complexity index is 530. The average molecular weight is 274 g/mol. The number of nitrogens with one attached hydrogen (secondary N) is 1. The molecule has 0 aliphatic carbocycles. The largest absolute Gasteiger partial charge is 0.375 e. The molecule has 1 atom stereocenters. The van der Waals surface area contributed by atoms with Crippen LogP contribution in [0.1, 0.15) is 18.9 Å². The molecule has 0 bridgehead atoms. The van der Waals surface area contributed by atoms with Crippen molar-refractivity contribution >= 4 is 40.6 Å². The van der Waals surface area contributed by atoms with Crippen molar-refractivity contribution in [2.45, 2.75) is 18.9 Å². The van der Waals surface area contributed by atoms with E-state index in [0.29, 0.717) is 0 Å².